The van der Waals surface area contributed by atoms with Gasteiger partial charge >= 0.3 is 0 Å². The van der Waals surface area contributed by atoms with Gasteiger partial charge in [-0.1, -0.05) is 29.3 Å². The van der Waals surface area contributed by atoms with Gasteiger partial charge in [0.1, 0.15) is 5.75 Å². The van der Waals surface area contributed by atoms with E-state index in [2.05, 4.69) is 0 Å². The third kappa shape index (κ3) is 2.83. The summed E-state index contributed by atoms with van der Waals surface area (Å²) in [6.07, 6.45) is 3.29. The van der Waals surface area contributed by atoms with E-state index in [1.54, 1.807) is 0 Å². The van der Waals surface area contributed by atoms with Crippen molar-refractivity contribution in [1.29, 1.82) is 0 Å². The quantitative estimate of drug-likeness (QED) is 0.613. The number of hydrogen-bond acceptors (Lipinski definition) is 3. The zero-order valence-electron chi connectivity index (χ0n) is 9.23. The summed E-state index contributed by atoms with van der Waals surface area (Å²) in [7, 11) is 0. The Morgan fingerprint density at radius 2 is 1.89 bits per heavy atom. The van der Waals surface area contributed by atoms with Crippen LogP contribution in [0.2, 0.25) is 0 Å². The smallest absolute Gasteiger partial charge is 0.269 e. The van der Waals surface area contributed by atoms with Crippen molar-refractivity contribution in [2.24, 2.45) is 0 Å². The van der Waals surface area contributed by atoms with Gasteiger partial charge in [-0.05, 0) is 25.0 Å². The molecule has 18 heavy (non-hydrogen) atoms. The van der Waals surface area contributed by atoms with Crippen molar-refractivity contribution in [3.63, 3.8) is 0 Å². The molecule has 0 saturated carbocycles. The van der Waals surface area contributed by atoms with E-state index >= 15 is 0 Å². The molecule has 0 unspecified atom stereocenters. The van der Waals surface area contributed by atoms with Crippen molar-refractivity contribution in [2.75, 3.05) is 0 Å². The second kappa shape index (κ2) is 5.42. The third-order valence-corrected chi connectivity index (χ3v) is 3.10. The lowest BCUT2D eigenvalue weighted by atomic mass is 10.1. The van der Waals surface area contributed by atoms with E-state index in [9.17, 15) is 10.1 Å². The normalized spacial score (nSPS) is 15.3. The number of allylic oxidation sites excluding steroid dienone is 3. The fourth-order valence-electron chi connectivity index (χ4n) is 1.52. The Labute approximate surface area is 114 Å². The Hall–Kier alpha value is -1.52. The van der Waals surface area contributed by atoms with Crippen molar-refractivity contribution >= 4 is 28.9 Å². The summed E-state index contributed by atoms with van der Waals surface area (Å²) in [6.45, 7) is 0. The minimum Gasteiger partial charge on any atom is -0.455 e. The molecule has 0 fully saturated rings. The van der Waals surface area contributed by atoms with E-state index in [1.165, 1.54) is 24.3 Å². The van der Waals surface area contributed by atoms with Crippen LogP contribution in [0.3, 0.4) is 0 Å². The van der Waals surface area contributed by atoms with Crippen LogP contribution < -0.4 is 4.74 Å². The maximum Gasteiger partial charge on any atom is 0.269 e. The lowest BCUT2D eigenvalue weighted by Crippen LogP contribution is -2.02. The maximum absolute atomic E-state index is 10.5. The summed E-state index contributed by atoms with van der Waals surface area (Å²) in [5, 5.41) is 11.5. The molecule has 4 nitrogen and oxygen atoms in total. The number of rotatable bonds is 3. The monoisotopic (exact) mass is 285 g/mol. The first-order valence-electron chi connectivity index (χ1n) is 5.25. The van der Waals surface area contributed by atoms with Gasteiger partial charge in [-0.25, -0.2) is 0 Å². The third-order valence-electron chi connectivity index (χ3n) is 2.42. The maximum atomic E-state index is 10.5. The number of nitro benzene ring substituents is 1. The molecule has 0 aromatic heterocycles. The SMILES string of the molecule is O=[N+]([O-])c1ccc(OC2=C(Cl)CCC=C2Cl)cc1. The summed E-state index contributed by atoms with van der Waals surface area (Å²) in [4.78, 5) is 10.0. The van der Waals surface area contributed by atoms with Crippen LogP contribution in [0, 0.1) is 10.1 Å². The average Bonchev–Trinajstić information content (AvgIpc) is 2.34. The molecule has 0 amide bonds. The summed E-state index contributed by atoms with van der Waals surface area (Å²) in [5.74, 6) is 0.876. The number of non-ortho nitro benzene ring substituents is 1. The first kappa shape index (κ1) is 12.9. The van der Waals surface area contributed by atoms with Gasteiger partial charge in [0.05, 0.1) is 15.0 Å². The molecular weight excluding hydrogens is 277 g/mol. The molecule has 0 atom stereocenters. The van der Waals surface area contributed by atoms with Gasteiger partial charge in [-0.15, -0.1) is 0 Å². The topological polar surface area (TPSA) is 52.4 Å². The van der Waals surface area contributed by atoms with Crippen LogP contribution in [0.15, 0.2) is 46.2 Å². The van der Waals surface area contributed by atoms with E-state index in [-0.39, 0.29) is 5.69 Å². The summed E-state index contributed by atoms with van der Waals surface area (Å²) in [6, 6.07) is 5.75. The summed E-state index contributed by atoms with van der Waals surface area (Å²) in [5.41, 5.74) is 0.00714. The number of benzene rings is 1. The molecule has 0 saturated heterocycles. The predicted molar refractivity (Wildman–Crippen MR) is 69.8 cm³/mol. The predicted octanol–water partition coefficient (Wildman–Crippen LogP) is 4.34. The van der Waals surface area contributed by atoms with Crippen molar-refractivity contribution < 1.29 is 9.66 Å². The van der Waals surface area contributed by atoms with Gasteiger partial charge in [0.2, 0.25) is 0 Å². The van der Waals surface area contributed by atoms with E-state index in [0.29, 0.717) is 28.0 Å². The van der Waals surface area contributed by atoms with Crippen molar-refractivity contribution in [2.45, 2.75) is 12.8 Å². The highest BCUT2D eigenvalue weighted by atomic mass is 35.5. The number of ether oxygens (including phenoxy) is 1. The molecule has 94 valence electrons. The zero-order valence-corrected chi connectivity index (χ0v) is 10.7. The summed E-state index contributed by atoms with van der Waals surface area (Å²) >= 11 is 12.0. The Balaban J connectivity index is 2.19. The van der Waals surface area contributed by atoms with Crippen LogP contribution in [-0.4, -0.2) is 4.92 Å². The van der Waals surface area contributed by atoms with Gasteiger partial charge in [-0.2, -0.15) is 0 Å². The van der Waals surface area contributed by atoms with Crippen LogP contribution in [0.4, 0.5) is 5.69 Å². The van der Waals surface area contributed by atoms with E-state index in [1.807, 2.05) is 6.08 Å². The van der Waals surface area contributed by atoms with Crippen LogP contribution in [0.1, 0.15) is 12.8 Å². The van der Waals surface area contributed by atoms with Gasteiger partial charge < -0.3 is 4.74 Å². The van der Waals surface area contributed by atoms with Crippen LogP contribution in [0.5, 0.6) is 5.75 Å². The summed E-state index contributed by atoms with van der Waals surface area (Å²) < 4.78 is 5.54. The van der Waals surface area contributed by atoms with E-state index < -0.39 is 4.92 Å². The number of hydrogen-bond donors (Lipinski definition) is 0. The minimum atomic E-state index is -0.469. The largest absolute Gasteiger partial charge is 0.455 e. The van der Waals surface area contributed by atoms with Gasteiger partial charge in [0, 0.05) is 12.1 Å². The molecule has 1 aromatic rings. The Kier molecular flexibility index (Phi) is 3.89. The second-order valence-corrected chi connectivity index (χ2v) is 4.54. The van der Waals surface area contributed by atoms with Crippen molar-refractivity contribution in [3.05, 3.63) is 56.3 Å². The number of nitro groups is 1. The highest BCUT2D eigenvalue weighted by molar-refractivity contribution is 6.35. The molecule has 0 spiro atoms. The first-order valence-corrected chi connectivity index (χ1v) is 6.00. The van der Waals surface area contributed by atoms with Gasteiger partial charge in [0.25, 0.3) is 5.69 Å². The lowest BCUT2D eigenvalue weighted by molar-refractivity contribution is -0.384. The second-order valence-electron chi connectivity index (χ2n) is 3.68. The molecule has 2 rings (SSSR count). The van der Waals surface area contributed by atoms with E-state index in [0.717, 1.165) is 6.42 Å². The Morgan fingerprint density at radius 1 is 1.22 bits per heavy atom. The van der Waals surface area contributed by atoms with Crippen LogP contribution in [0.25, 0.3) is 0 Å². The average molecular weight is 286 g/mol. The highest BCUT2D eigenvalue weighted by Gasteiger charge is 2.16. The zero-order chi connectivity index (χ0) is 13.1. The fourth-order valence-corrected chi connectivity index (χ4v) is 2.08. The fraction of sp³-hybridized carbons (Fsp3) is 0.167. The molecule has 0 radical (unpaired) electrons. The van der Waals surface area contributed by atoms with Crippen molar-refractivity contribution in [3.8, 4) is 5.75 Å². The van der Waals surface area contributed by atoms with Gasteiger partial charge in [0.15, 0.2) is 5.76 Å². The molecule has 0 bridgehead atoms. The molecule has 1 aromatic carbocycles. The molecule has 0 heterocycles. The lowest BCUT2D eigenvalue weighted by Gasteiger charge is -2.15. The standard InChI is InChI=1S/C12H9Cl2NO3/c13-10-2-1-3-11(14)12(10)18-9-6-4-8(5-7-9)15(16)17/h2,4-7H,1,3H2. The first-order chi connectivity index (χ1) is 8.58. The molecule has 0 N–H and O–H groups in total. The molecule has 6 heteroatoms. The highest BCUT2D eigenvalue weighted by Crippen LogP contribution is 2.32. The minimum absolute atomic E-state index is 0.00714. The molecular formula is C12H9Cl2NO3. The van der Waals surface area contributed by atoms with Crippen LogP contribution in [-0.2, 0) is 0 Å². The Morgan fingerprint density at radius 3 is 2.44 bits per heavy atom. The molecule has 0 aliphatic heterocycles. The van der Waals surface area contributed by atoms with Crippen molar-refractivity contribution in [1.82, 2.24) is 0 Å². The molecule has 1 aliphatic carbocycles. The van der Waals surface area contributed by atoms with E-state index in [4.69, 9.17) is 27.9 Å². The number of nitrogens with zero attached hydrogens (tertiary/aromatic N) is 1. The van der Waals surface area contributed by atoms with Crippen LogP contribution >= 0.6 is 23.2 Å². The van der Waals surface area contributed by atoms with Gasteiger partial charge in [-0.3, -0.25) is 10.1 Å². The Bertz CT molecular complexity index is 535. The number of halogens is 2. The molecule has 1 aliphatic rings.